The number of nitrogens with zero attached hydrogens (tertiary/aromatic N) is 2. The zero-order valence-electron chi connectivity index (χ0n) is 11.6. The molecule has 1 aromatic heterocycles. The van der Waals surface area contributed by atoms with Crippen LogP contribution >= 0.6 is 11.3 Å². The number of ether oxygens (including phenoxy) is 1. The van der Waals surface area contributed by atoms with Crippen molar-refractivity contribution in [1.29, 1.82) is 0 Å². The van der Waals surface area contributed by atoms with Gasteiger partial charge in [-0.05, 0) is 24.1 Å². The standard InChI is InChI=1S/C14H16N2O3S2/c1-2-11-3-5-13(6-4-11)21(17,18)16-9-12(10-16)19-14-15-7-8-20-14/h3-8,12H,2,9-10H2,1H3. The molecular weight excluding hydrogens is 308 g/mol. The molecule has 0 atom stereocenters. The van der Waals surface area contributed by atoms with Crippen molar-refractivity contribution in [3.05, 3.63) is 41.4 Å². The molecule has 1 aromatic carbocycles. The van der Waals surface area contributed by atoms with Gasteiger partial charge in [-0.2, -0.15) is 4.31 Å². The molecule has 1 aliphatic rings. The van der Waals surface area contributed by atoms with Gasteiger partial charge in [-0.25, -0.2) is 13.4 Å². The lowest BCUT2D eigenvalue weighted by molar-refractivity contribution is 0.0759. The third kappa shape index (κ3) is 2.95. The van der Waals surface area contributed by atoms with Crippen LogP contribution < -0.4 is 4.74 Å². The molecule has 0 N–H and O–H groups in total. The molecule has 0 radical (unpaired) electrons. The van der Waals surface area contributed by atoms with Crippen LogP contribution in [0.3, 0.4) is 0 Å². The summed E-state index contributed by atoms with van der Waals surface area (Å²) in [5, 5.41) is 2.42. The van der Waals surface area contributed by atoms with E-state index in [4.69, 9.17) is 4.74 Å². The highest BCUT2D eigenvalue weighted by Gasteiger charge is 2.38. The third-order valence-electron chi connectivity index (χ3n) is 3.46. The number of thiazole rings is 1. The van der Waals surface area contributed by atoms with Gasteiger partial charge in [0.15, 0.2) is 0 Å². The van der Waals surface area contributed by atoms with Crippen LogP contribution in [-0.2, 0) is 16.4 Å². The Morgan fingerprint density at radius 3 is 2.62 bits per heavy atom. The lowest BCUT2D eigenvalue weighted by Crippen LogP contribution is -2.55. The maximum atomic E-state index is 12.4. The second-order valence-corrected chi connectivity index (χ2v) is 7.65. The summed E-state index contributed by atoms with van der Waals surface area (Å²) in [6.45, 7) is 2.79. The fraction of sp³-hybridized carbons (Fsp3) is 0.357. The highest BCUT2D eigenvalue weighted by molar-refractivity contribution is 7.89. The number of aromatic nitrogens is 1. The predicted octanol–water partition coefficient (Wildman–Crippen LogP) is 2.16. The van der Waals surface area contributed by atoms with Gasteiger partial charge in [0.25, 0.3) is 5.19 Å². The Morgan fingerprint density at radius 1 is 1.33 bits per heavy atom. The largest absolute Gasteiger partial charge is 0.464 e. The van der Waals surface area contributed by atoms with Gasteiger partial charge in [-0.1, -0.05) is 30.4 Å². The van der Waals surface area contributed by atoms with Crippen molar-refractivity contribution in [3.8, 4) is 5.19 Å². The summed E-state index contributed by atoms with van der Waals surface area (Å²) < 4.78 is 31.9. The molecule has 112 valence electrons. The Kier molecular flexibility index (Phi) is 3.97. The predicted molar refractivity (Wildman–Crippen MR) is 81.1 cm³/mol. The first-order valence-electron chi connectivity index (χ1n) is 6.75. The van der Waals surface area contributed by atoms with E-state index in [0.29, 0.717) is 23.2 Å². The second-order valence-electron chi connectivity index (χ2n) is 4.86. The molecule has 2 heterocycles. The van der Waals surface area contributed by atoms with Crippen molar-refractivity contribution >= 4 is 21.4 Å². The van der Waals surface area contributed by atoms with E-state index >= 15 is 0 Å². The van der Waals surface area contributed by atoms with E-state index in [-0.39, 0.29) is 6.10 Å². The van der Waals surface area contributed by atoms with Crippen LogP contribution in [-0.4, -0.2) is 36.9 Å². The van der Waals surface area contributed by atoms with Crippen molar-refractivity contribution in [2.24, 2.45) is 0 Å². The molecule has 0 amide bonds. The first-order chi connectivity index (χ1) is 10.1. The van der Waals surface area contributed by atoms with E-state index in [1.165, 1.54) is 15.6 Å². The molecule has 0 spiro atoms. The van der Waals surface area contributed by atoms with Crippen molar-refractivity contribution in [2.45, 2.75) is 24.3 Å². The molecule has 2 aromatic rings. The molecule has 3 rings (SSSR count). The summed E-state index contributed by atoms with van der Waals surface area (Å²) in [7, 11) is -3.40. The molecular formula is C14H16N2O3S2. The molecule has 0 saturated carbocycles. The molecule has 21 heavy (non-hydrogen) atoms. The van der Waals surface area contributed by atoms with Gasteiger partial charge >= 0.3 is 0 Å². The molecule has 0 bridgehead atoms. The number of benzene rings is 1. The number of hydrogen-bond donors (Lipinski definition) is 0. The average Bonchev–Trinajstić information content (AvgIpc) is 2.95. The molecule has 1 aliphatic heterocycles. The normalized spacial score (nSPS) is 16.6. The minimum absolute atomic E-state index is 0.110. The number of rotatable bonds is 5. The summed E-state index contributed by atoms with van der Waals surface area (Å²) in [5.41, 5.74) is 1.13. The number of hydrogen-bond acceptors (Lipinski definition) is 5. The molecule has 1 fully saturated rings. The van der Waals surface area contributed by atoms with E-state index < -0.39 is 10.0 Å². The average molecular weight is 324 g/mol. The van der Waals surface area contributed by atoms with Gasteiger partial charge in [0.05, 0.1) is 18.0 Å². The van der Waals surface area contributed by atoms with Crippen LogP contribution in [0.15, 0.2) is 40.7 Å². The fourth-order valence-electron chi connectivity index (χ4n) is 2.13. The van der Waals surface area contributed by atoms with E-state index in [9.17, 15) is 8.42 Å². The highest BCUT2D eigenvalue weighted by atomic mass is 32.2. The van der Waals surface area contributed by atoms with Crippen molar-refractivity contribution in [1.82, 2.24) is 9.29 Å². The lowest BCUT2D eigenvalue weighted by Gasteiger charge is -2.37. The Labute approximate surface area is 128 Å². The smallest absolute Gasteiger partial charge is 0.273 e. The fourth-order valence-corrected chi connectivity index (χ4v) is 4.18. The van der Waals surface area contributed by atoms with Crippen LogP contribution in [0.2, 0.25) is 0 Å². The van der Waals surface area contributed by atoms with Crippen LogP contribution in [0.1, 0.15) is 12.5 Å². The Bertz CT molecular complexity index is 690. The monoisotopic (exact) mass is 324 g/mol. The summed E-state index contributed by atoms with van der Waals surface area (Å²) in [6, 6.07) is 7.05. The molecule has 7 heteroatoms. The Balaban J connectivity index is 1.64. The zero-order valence-corrected chi connectivity index (χ0v) is 13.2. The SMILES string of the molecule is CCc1ccc(S(=O)(=O)N2CC(Oc3nccs3)C2)cc1. The van der Waals surface area contributed by atoms with E-state index in [0.717, 1.165) is 12.0 Å². The maximum Gasteiger partial charge on any atom is 0.273 e. The summed E-state index contributed by atoms with van der Waals surface area (Å²) >= 11 is 1.41. The topological polar surface area (TPSA) is 59.5 Å². The van der Waals surface area contributed by atoms with Gasteiger partial charge in [0, 0.05) is 11.6 Å². The van der Waals surface area contributed by atoms with Gasteiger partial charge in [-0.3, -0.25) is 0 Å². The van der Waals surface area contributed by atoms with Crippen molar-refractivity contribution < 1.29 is 13.2 Å². The van der Waals surface area contributed by atoms with Crippen LogP contribution in [0.4, 0.5) is 0 Å². The first kappa shape index (κ1) is 14.5. The van der Waals surface area contributed by atoms with E-state index in [2.05, 4.69) is 4.98 Å². The first-order valence-corrected chi connectivity index (χ1v) is 9.07. The maximum absolute atomic E-state index is 12.4. The van der Waals surface area contributed by atoms with Gasteiger partial charge in [0.2, 0.25) is 10.0 Å². The second kappa shape index (κ2) is 5.75. The molecule has 5 nitrogen and oxygen atoms in total. The van der Waals surface area contributed by atoms with E-state index in [1.54, 1.807) is 18.3 Å². The van der Waals surface area contributed by atoms with Crippen LogP contribution in [0.25, 0.3) is 0 Å². The Hall–Kier alpha value is -1.44. The summed E-state index contributed by atoms with van der Waals surface area (Å²) in [4.78, 5) is 4.37. The minimum atomic E-state index is -3.40. The number of aryl methyl sites for hydroxylation is 1. The quantitative estimate of drug-likeness (QED) is 0.845. The lowest BCUT2D eigenvalue weighted by atomic mass is 10.2. The zero-order chi connectivity index (χ0) is 14.9. The highest BCUT2D eigenvalue weighted by Crippen LogP contribution is 2.25. The minimum Gasteiger partial charge on any atom is -0.464 e. The molecule has 1 saturated heterocycles. The summed E-state index contributed by atoms with van der Waals surface area (Å²) in [5.74, 6) is 0. The van der Waals surface area contributed by atoms with E-state index in [1.807, 2.05) is 24.4 Å². The van der Waals surface area contributed by atoms with Crippen LogP contribution in [0.5, 0.6) is 5.19 Å². The molecule has 0 aliphatic carbocycles. The Morgan fingerprint density at radius 2 is 2.05 bits per heavy atom. The third-order valence-corrected chi connectivity index (χ3v) is 5.97. The summed E-state index contributed by atoms with van der Waals surface area (Å²) in [6.07, 6.45) is 2.46. The number of sulfonamides is 1. The van der Waals surface area contributed by atoms with Crippen molar-refractivity contribution in [3.63, 3.8) is 0 Å². The van der Waals surface area contributed by atoms with Crippen LogP contribution in [0, 0.1) is 0 Å². The van der Waals surface area contributed by atoms with Gasteiger partial charge in [-0.15, -0.1) is 0 Å². The van der Waals surface area contributed by atoms with Crippen molar-refractivity contribution in [2.75, 3.05) is 13.1 Å². The van der Waals surface area contributed by atoms with Gasteiger partial charge in [0.1, 0.15) is 6.10 Å². The van der Waals surface area contributed by atoms with Gasteiger partial charge < -0.3 is 4.74 Å². The molecule has 0 unspecified atom stereocenters.